The molecule has 0 heterocycles. The molecule has 0 aromatic heterocycles. The molecule has 0 bridgehead atoms. The zero-order chi connectivity index (χ0) is 13.2. The maximum atomic E-state index is 12.1. The molecule has 16 heavy (non-hydrogen) atoms. The van der Waals surface area contributed by atoms with Crippen molar-refractivity contribution in [1.82, 2.24) is 0 Å². The van der Waals surface area contributed by atoms with Gasteiger partial charge in [0.2, 0.25) is 0 Å². The lowest BCUT2D eigenvalue weighted by Crippen LogP contribution is -2.56. The number of halogens is 6. The van der Waals surface area contributed by atoms with Gasteiger partial charge in [0.1, 0.15) is 0 Å². The molecule has 0 aromatic rings. The van der Waals surface area contributed by atoms with E-state index in [1.54, 1.807) is 0 Å². The first-order valence-electron chi connectivity index (χ1n) is 4.53. The van der Waals surface area contributed by atoms with Gasteiger partial charge in [0, 0.05) is 0 Å². The van der Waals surface area contributed by atoms with Crippen LogP contribution in [-0.2, 0) is 0 Å². The molecule has 94 valence electrons. The van der Waals surface area contributed by atoms with E-state index >= 15 is 0 Å². The van der Waals surface area contributed by atoms with Crippen molar-refractivity contribution >= 4 is 7.85 Å². The van der Waals surface area contributed by atoms with Crippen LogP contribution in [0, 0.1) is 0 Å². The molecule has 0 aliphatic heterocycles. The van der Waals surface area contributed by atoms with Gasteiger partial charge in [-0.2, -0.15) is 26.3 Å². The summed E-state index contributed by atoms with van der Waals surface area (Å²) in [5, 5.41) is 8.71. The highest BCUT2D eigenvalue weighted by atomic mass is 19.4. The predicted octanol–water partition coefficient (Wildman–Crippen LogP) is 2.99. The third-order valence-electron chi connectivity index (χ3n) is 2.14. The molecule has 1 N–H and O–H groups in total. The van der Waals surface area contributed by atoms with Crippen LogP contribution in [0.3, 0.4) is 0 Å². The van der Waals surface area contributed by atoms with E-state index in [2.05, 4.69) is 0 Å². The molecule has 0 saturated heterocycles. The summed E-state index contributed by atoms with van der Waals surface area (Å²) in [6.07, 6.45) is -13.4. The predicted molar refractivity (Wildman–Crippen MR) is 46.1 cm³/mol. The fourth-order valence-electron chi connectivity index (χ4n) is 1.12. The Kier molecular flexibility index (Phi) is 4.73. The van der Waals surface area contributed by atoms with Crippen molar-refractivity contribution in [1.29, 1.82) is 0 Å². The molecule has 1 unspecified atom stereocenters. The third kappa shape index (κ3) is 3.57. The van der Waals surface area contributed by atoms with Crippen LogP contribution in [0.15, 0.2) is 0 Å². The molecule has 0 aliphatic carbocycles. The summed E-state index contributed by atoms with van der Waals surface area (Å²) in [6.45, 7) is 1.46. The maximum Gasteiger partial charge on any atom is 0.426 e. The molecule has 1 nitrogen and oxygen atoms in total. The van der Waals surface area contributed by atoms with Crippen molar-refractivity contribution in [3.63, 3.8) is 0 Å². The Bertz CT molecular complexity index is 208. The van der Waals surface area contributed by atoms with E-state index in [1.165, 1.54) is 6.92 Å². The zero-order valence-electron chi connectivity index (χ0n) is 8.49. The van der Waals surface area contributed by atoms with E-state index in [9.17, 15) is 26.3 Å². The Labute approximate surface area is 90.2 Å². The van der Waals surface area contributed by atoms with Crippen LogP contribution in [0.5, 0.6) is 0 Å². The van der Waals surface area contributed by atoms with Crippen molar-refractivity contribution in [3.8, 4) is 0 Å². The van der Waals surface area contributed by atoms with Crippen molar-refractivity contribution < 1.29 is 31.4 Å². The second-order valence-corrected chi connectivity index (χ2v) is 3.73. The van der Waals surface area contributed by atoms with Gasteiger partial charge in [0.25, 0.3) is 5.60 Å². The summed E-state index contributed by atoms with van der Waals surface area (Å²) < 4.78 is 72.7. The second kappa shape index (κ2) is 4.85. The minimum absolute atomic E-state index is 0.0194. The van der Waals surface area contributed by atoms with Crippen LogP contribution < -0.4 is 0 Å². The highest BCUT2D eigenvalue weighted by molar-refractivity contribution is 6.11. The van der Waals surface area contributed by atoms with Crippen molar-refractivity contribution in [2.24, 2.45) is 0 Å². The lowest BCUT2D eigenvalue weighted by molar-refractivity contribution is -0.370. The van der Waals surface area contributed by atoms with Gasteiger partial charge in [-0.15, -0.1) is 0 Å². The maximum absolute atomic E-state index is 12.1. The SMILES string of the molecule is [B]C(C)CCCC(O)(C(F)(F)F)C(F)(F)F. The molecule has 0 aromatic carbocycles. The number of hydrogen-bond donors (Lipinski definition) is 1. The lowest BCUT2D eigenvalue weighted by Gasteiger charge is -2.32. The number of rotatable bonds is 4. The minimum atomic E-state index is -5.73. The molecule has 0 fully saturated rings. The summed E-state index contributed by atoms with van der Waals surface area (Å²) in [7, 11) is 5.20. The van der Waals surface area contributed by atoms with Gasteiger partial charge >= 0.3 is 12.4 Å². The van der Waals surface area contributed by atoms with Crippen LogP contribution in [-0.4, -0.2) is 30.9 Å². The minimum Gasteiger partial charge on any atom is -0.374 e. The molecule has 1 atom stereocenters. The molecule has 0 aliphatic rings. The Morgan fingerprint density at radius 3 is 1.69 bits per heavy atom. The molecule has 8 heteroatoms. The normalized spacial score (nSPS) is 16.2. The van der Waals surface area contributed by atoms with Crippen molar-refractivity contribution in [2.45, 2.75) is 50.0 Å². The summed E-state index contributed by atoms with van der Waals surface area (Å²) in [5.74, 6) is -0.509. The van der Waals surface area contributed by atoms with Crippen LogP contribution in [0.25, 0.3) is 0 Å². The van der Waals surface area contributed by atoms with E-state index in [0.29, 0.717) is 0 Å². The van der Waals surface area contributed by atoms with Gasteiger partial charge in [-0.1, -0.05) is 25.6 Å². The van der Waals surface area contributed by atoms with E-state index in [-0.39, 0.29) is 6.42 Å². The lowest BCUT2D eigenvalue weighted by atomic mass is 9.83. The first kappa shape index (κ1) is 15.6. The average Bonchev–Trinajstić information content (AvgIpc) is 1.98. The largest absolute Gasteiger partial charge is 0.426 e. The van der Waals surface area contributed by atoms with Gasteiger partial charge < -0.3 is 5.11 Å². The van der Waals surface area contributed by atoms with Gasteiger partial charge in [-0.25, -0.2) is 0 Å². The van der Waals surface area contributed by atoms with Gasteiger partial charge in [-0.05, 0) is 6.42 Å². The standard InChI is InChI=1S/C8H11BF6O/c1-5(9)3-2-4-6(16,7(10,11)12)8(13,14)15/h5,16H,2-4H2,1H3. The number of aliphatic hydroxyl groups is 1. The monoisotopic (exact) mass is 248 g/mol. The van der Waals surface area contributed by atoms with Crippen LogP contribution >= 0.6 is 0 Å². The highest BCUT2D eigenvalue weighted by Crippen LogP contribution is 2.46. The fraction of sp³-hybridized carbons (Fsp3) is 1.00. The molecule has 0 amide bonds. The van der Waals surface area contributed by atoms with E-state index in [1.807, 2.05) is 0 Å². The average molecular weight is 248 g/mol. The first-order chi connectivity index (χ1) is 6.92. The first-order valence-corrected chi connectivity index (χ1v) is 4.53. The summed E-state index contributed by atoms with van der Waals surface area (Å²) in [4.78, 5) is 0. The van der Waals surface area contributed by atoms with Crippen LogP contribution in [0.2, 0.25) is 5.82 Å². The van der Waals surface area contributed by atoms with Crippen LogP contribution in [0.1, 0.15) is 26.2 Å². The van der Waals surface area contributed by atoms with E-state index in [4.69, 9.17) is 13.0 Å². The smallest absolute Gasteiger partial charge is 0.374 e. The molecular formula is C8H11BF6O. The van der Waals surface area contributed by atoms with Gasteiger partial charge in [0.05, 0.1) is 7.85 Å². The van der Waals surface area contributed by atoms with Crippen molar-refractivity contribution in [2.75, 3.05) is 0 Å². The molecule has 0 spiro atoms. The Balaban J connectivity index is 4.71. The van der Waals surface area contributed by atoms with Crippen LogP contribution in [0.4, 0.5) is 26.3 Å². The third-order valence-corrected chi connectivity index (χ3v) is 2.14. The summed E-state index contributed by atoms with van der Waals surface area (Å²) in [5.41, 5.74) is -4.64. The molecule has 0 rings (SSSR count). The molecule has 2 radical (unpaired) electrons. The fourth-order valence-corrected chi connectivity index (χ4v) is 1.12. The number of hydrogen-bond acceptors (Lipinski definition) is 1. The van der Waals surface area contributed by atoms with Crippen molar-refractivity contribution in [3.05, 3.63) is 0 Å². The molecular weight excluding hydrogens is 237 g/mol. The Hall–Kier alpha value is -0.395. The summed E-state index contributed by atoms with van der Waals surface area (Å²) >= 11 is 0. The Morgan fingerprint density at radius 1 is 1.06 bits per heavy atom. The Morgan fingerprint density at radius 2 is 1.44 bits per heavy atom. The number of alkyl halides is 6. The summed E-state index contributed by atoms with van der Waals surface area (Å²) in [6, 6.07) is 0. The van der Waals surface area contributed by atoms with E-state index in [0.717, 1.165) is 0 Å². The van der Waals surface area contributed by atoms with Gasteiger partial charge in [0.15, 0.2) is 0 Å². The molecule has 0 saturated carbocycles. The second-order valence-electron chi connectivity index (χ2n) is 3.73. The topological polar surface area (TPSA) is 20.2 Å². The highest BCUT2D eigenvalue weighted by Gasteiger charge is 2.69. The van der Waals surface area contributed by atoms with E-state index < -0.39 is 36.6 Å². The van der Waals surface area contributed by atoms with Gasteiger partial charge in [-0.3, -0.25) is 0 Å². The quantitative estimate of drug-likeness (QED) is 0.598. The zero-order valence-corrected chi connectivity index (χ0v) is 8.49.